The summed E-state index contributed by atoms with van der Waals surface area (Å²) >= 11 is 0. The van der Waals surface area contributed by atoms with E-state index in [9.17, 15) is 9.00 Å². The molecule has 5 nitrogen and oxygen atoms in total. The van der Waals surface area contributed by atoms with Crippen molar-refractivity contribution in [1.82, 2.24) is 14.9 Å². The summed E-state index contributed by atoms with van der Waals surface area (Å²) in [4.78, 5) is 15.7. The maximum Gasteiger partial charge on any atom is 0.326 e. The molecule has 0 saturated heterocycles. The minimum Gasteiger partial charge on any atom is -0.308 e. The number of benzene rings is 2. The second-order valence-electron chi connectivity index (χ2n) is 5.80. The van der Waals surface area contributed by atoms with Crippen LogP contribution in [0.4, 0.5) is 0 Å². The quantitative estimate of drug-likeness (QED) is 0.722. The SMILES string of the molecule is CC(NCCn1c(=O)[nH]c2ccccc21)c1ccc(S(C)=O)cc1. The average Bonchev–Trinajstić information content (AvgIpc) is 2.90. The van der Waals surface area contributed by atoms with Crippen molar-refractivity contribution in [2.75, 3.05) is 12.8 Å². The van der Waals surface area contributed by atoms with Gasteiger partial charge in [-0.3, -0.25) is 8.78 Å². The molecule has 2 aromatic carbocycles. The summed E-state index contributed by atoms with van der Waals surface area (Å²) in [6, 6.07) is 15.6. The maximum atomic E-state index is 12.0. The number of rotatable bonds is 6. The van der Waals surface area contributed by atoms with Crippen molar-refractivity contribution >= 4 is 21.8 Å². The molecule has 126 valence electrons. The lowest BCUT2D eigenvalue weighted by atomic mass is 10.1. The molecule has 2 N–H and O–H groups in total. The van der Waals surface area contributed by atoms with Crippen molar-refractivity contribution in [1.29, 1.82) is 0 Å². The van der Waals surface area contributed by atoms with Gasteiger partial charge in [-0.05, 0) is 36.8 Å². The van der Waals surface area contributed by atoms with Crippen LogP contribution >= 0.6 is 0 Å². The van der Waals surface area contributed by atoms with E-state index in [1.54, 1.807) is 10.8 Å². The van der Waals surface area contributed by atoms with E-state index >= 15 is 0 Å². The van der Waals surface area contributed by atoms with Crippen molar-refractivity contribution in [3.63, 3.8) is 0 Å². The minimum atomic E-state index is -0.954. The summed E-state index contributed by atoms with van der Waals surface area (Å²) < 4.78 is 13.2. The van der Waals surface area contributed by atoms with Crippen LogP contribution in [0.1, 0.15) is 18.5 Å². The Morgan fingerprint density at radius 2 is 1.88 bits per heavy atom. The van der Waals surface area contributed by atoms with Gasteiger partial charge in [-0.15, -0.1) is 0 Å². The summed E-state index contributed by atoms with van der Waals surface area (Å²) in [7, 11) is -0.954. The highest BCUT2D eigenvalue weighted by molar-refractivity contribution is 7.84. The first-order chi connectivity index (χ1) is 11.6. The van der Waals surface area contributed by atoms with Crippen LogP contribution in [0, 0.1) is 0 Å². The normalized spacial score (nSPS) is 13.9. The molecular weight excluding hydrogens is 322 g/mol. The summed E-state index contributed by atoms with van der Waals surface area (Å²) in [6.07, 6.45) is 1.68. The van der Waals surface area contributed by atoms with E-state index in [0.29, 0.717) is 13.1 Å². The molecule has 24 heavy (non-hydrogen) atoms. The van der Waals surface area contributed by atoms with E-state index in [4.69, 9.17) is 0 Å². The fourth-order valence-electron chi connectivity index (χ4n) is 2.79. The Hall–Kier alpha value is -2.18. The smallest absolute Gasteiger partial charge is 0.308 e. The zero-order valence-corrected chi connectivity index (χ0v) is 14.6. The van der Waals surface area contributed by atoms with E-state index in [-0.39, 0.29) is 11.7 Å². The van der Waals surface area contributed by atoms with Gasteiger partial charge in [-0.2, -0.15) is 0 Å². The third kappa shape index (κ3) is 3.49. The molecule has 0 bridgehead atoms. The van der Waals surface area contributed by atoms with Crippen molar-refractivity contribution in [3.8, 4) is 0 Å². The predicted octanol–water partition coefficient (Wildman–Crippen LogP) is 2.42. The van der Waals surface area contributed by atoms with Crippen LogP contribution in [0.5, 0.6) is 0 Å². The molecule has 0 saturated carbocycles. The van der Waals surface area contributed by atoms with Crippen LogP contribution in [-0.4, -0.2) is 26.6 Å². The molecular formula is C18H21N3O2S. The van der Waals surface area contributed by atoms with Crippen LogP contribution in [-0.2, 0) is 17.3 Å². The standard InChI is InChI=1S/C18H21N3O2S/c1-13(14-7-9-15(10-8-14)24(2)23)19-11-12-21-17-6-4-3-5-16(17)20-18(21)22/h3-10,13,19H,11-12H2,1-2H3,(H,20,22). The molecule has 1 heterocycles. The first-order valence-corrected chi connectivity index (χ1v) is 9.46. The molecule has 0 amide bonds. The molecule has 0 aliphatic rings. The third-order valence-corrected chi connectivity index (χ3v) is 5.12. The van der Waals surface area contributed by atoms with E-state index in [0.717, 1.165) is 21.5 Å². The van der Waals surface area contributed by atoms with Gasteiger partial charge in [0.05, 0.1) is 11.0 Å². The Morgan fingerprint density at radius 3 is 2.58 bits per heavy atom. The summed E-state index contributed by atoms with van der Waals surface area (Å²) in [6.45, 7) is 3.37. The molecule has 0 spiro atoms. The zero-order valence-electron chi connectivity index (χ0n) is 13.8. The van der Waals surface area contributed by atoms with Gasteiger partial charge in [0, 0.05) is 41.1 Å². The number of aromatic nitrogens is 2. The monoisotopic (exact) mass is 343 g/mol. The fraction of sp³-hybridized carbons (Fsp3) is 0.278. The highest BCUT2D eigenvalue weighted by atomic mass is 32.2. The summed E-state index contributed by atoms with van der Waals surface area (Å²) in [5.41, 5.74) is 2.83. The Kier molecular flexibility index (Phi) is 4.97. The molecule has 0 aliphatic heterocycles. The van der Waals surface area contributed by atoms with Gasteiger partial charge in [-0.25, -0.2) is 4.79 Å². The van der Waals surface area contributed by atoms with Crippen molar-refractivity contribution in [2.45, 2.75) is 24.4 Å². The van der Waals surface area contributed by atoms with E-state index in [2.05, 4.69) is 17.2 Å². The van der Waals surface area contributed by atoms with Crippen LogP contribution in [0.2, 0.25) is 0 Å². The summed E-state index contributed by atoms with van der Waals surface area (Å²) in [5, 5.41) is 3.43. The molecule has 2 atom stereocenters. The largest absolute Gasteiger partial charge is 0.326 e. The second kappa shape index (κ2) is 7.15. The topological polar surface area (TPSA) is 66.9 Å². The van der Waals surface area contributed by atoms with Gasteiger partial charge in [0.15, 0.2) is 0 Å². The Morgan fingerprint density at radius 1 is 1.17 bits per heavy atom. The molecule has 3 rings (SSSR count). The van der Waals surface area contributed by atoms with Crippen molar-refractivity contribution in [3.05, 3.63) is 64.6 Å². The molecule has 0 fully saturated rings. The summed E-state index contributed by atoms with van der Waals surface area (Å²) in [5.74, 6) is 0. The molecule has 2 unspecified atom stereocenters. The average molecular weight is 343 g/mol. The predicted molar refractivity (Wildman–Crippen MR) is 97.8 cm³/mol. The van der Waals surface area contributed by atoms with Crippen LogP contribution in [0.15, 0.2) is 58.2 Å². The number of hydrogen-bond donors (Lipinski definition) is 2. The molecule has 0 aliphatic carbocycles. The third-order valence-electron chi connectivity index (χ3n) is 4.18. The van der Waals surface area contributed by atoms with Crippen LogP contribution in [0.25, 0.3) is 11.0 Å². The lowest BCUT2D eigenvalue weighted by Crippen LogP contribution is -2.27. The number of para-hydroxylation sites is 2. The van der Waals surface area contributed by atoms with E-state index in [1.807, 2.05) is 48.5 Å². The number of hydrogen-bond acceptors (Lipinski definition) is 3. The molecule has 0 radical (unpaired) electrons. The lowest BCUT2D eigenvalue weighted by molar-refractivity contribution is 0.530. The highest BCUT2D eigenvalue weighted by Gasteiger charge is 2.08. The van der Waals surface area contributed by atoms with Crippen molar-refractivity contribution in [2.24, 2.45) is 0 Å². The van der Waals surface area contributed by atoms with Crippen molar-refractivity contribution < 1.29 is 4.21 Å². The van der Waals surface area contributed by atoms with E-state index < -0.39 is 10.8 Å². The fourth-order valence-corrected chi connectivity index (χ4v) is 3.31. The number of H-pyrrole nitrogens is 1. The van der Waals surface area contributed by atoms with Crippen LogP contribution in [0.3, 0.4) is 0 Å². The number of fused-ring (bicyclic) bond motifs is 1. The Bertz CT molecular complexity index is 912. The van der Waals surface area contributed by atoms with Gasteiger partial charge >= 0.3 is 5.69 Å². The number of nitrogens with zero attached hydrogens (tertiary/aromatic N) is 1. The first kappa shape index (κ1) is 16.7. The number of imidazole rings is 1. The van der Waals surface area contributed by atoms with Crippen LogP contribution < -0.4 is 11.0 Å². The van der Waals surface area contributed by atoms with Gasteiger partial charge < -0.3 is 10.3 Å². The molecule has 1 aromatic heterocycles. The van der Waals surface area contributed by atoms with E-state index in [1.165, 1.54) is 0 Å². The Labute approximate surface area is 143 Å². The minimum absolute atomic E-state index is 0.0829. The number of nitrogens with one attached hydrogen (secondary N) is 2. The second-order valence-corrected chi connectivity index (χ2v) is 7.18. The first-order valence-electron chi connectivity index (χ1n) is 7.90. The molecule has 6 heteroatoms. The highest BCUT2D eigenvalue weighted by Crippen LogP contribution is 2.15. The van der Waals surface area contributed by atoms with Gasteiger partial charge in [-0.1, -0.05) is 24.3 Å². The van der Waals surface area contributed by atoms with Gasteiger partial charge in [0.1, 0.15) is 0 Å². The zero-order chi connectivity index (χ0) is 17.1. The molecule has 3 aromatic rings. The lowest BCUT2D eigenvalue weighted by Gasteiger charge is -2.15. The maximum absolute atomic E-state index is 12.0. The van der Waals surface area contributed by atoms with Gasteiger partial charge in [0.2, 0.25) is 0 Å². The Balaban J connectivity index is 1.64. The number of aromatic amines is 1. The van der Waals surface area contributed by atoms with Gasteiger partial charge in [0.25, 0.3) is 0 Å².